The first kappa shape index (κ1) is 19.3. The fraction of sp³-hybridized carbons (Fsp3) is 0.600. The van der Waals surface area contributed by atoms with Crippen molar-refractivity contribution in [2.45, 2.75) is 63.7 Å². The molecule has 0 atom stereocenters. The van der Waals surface area contributed by atoms with Crippen LogP contribution < -0.4 is 9.47 Å². The van der Waals surface area contributed by atoms with Gasteiger partial charge in [0.15, 0.2) is 5.78 Å². The fourth-order valence-corrected chi connectivity index (χ4v) is 3.57. The zero-order chi connectivity index (χ0) is 18.2. The van der Waals surface area contributed by atoms with Crippen molar-refractivity contribution >= 4 is 11.8 Å². The number of ether oxygens (including phenoxy) is 2. The summed E-state index contributed by atoms with van der Waals surface area (Å²) in [5, 5.41) is 8.70. The van der Waals surface area contributed by atoms with Crippen molar-refractivity contribution in [1.29, 1.82) is 0 Å². The summed E-state index contributed by atoms with van der Waals surface area (Å²) in [4.78, 5) is 23.2. The van der Waals surface area contributed by atoms with E-state index in [-0.39, 0.29) is 12.2 Å². The van der Waals surface area contributed by atoms with E-state index in [2.05, 4.69) is 0 Å². The number of carboxylic acids is 1. The minimum Gasteiger partial charge on any atom is -0.496 e. The molecule has 1 aromatic carbocycles. The molecule has 0 heterocycles. The molecule has 5 heteroatoms. The molecule has 0 radical (unpaired) electrons. The van der Waals surface area contributed by atoms with Gasteiger partial charge in [0, 0.05) is 18.9 Å². The van der Waals surface area contributed by atoms with Gasteiger partial charge in [-0.1, -0.05) is 19.3 Å². The Morgan fingerprint density at radius 2 is 1.64 bits per heavy atom. The van der Waals surface area contributed by atoms with Crippen molar-refractivity contribution < 1.29 is 24.2 Å². The van der Waals surface area contributed by atoms with Gasteiger partial charge in [0.05, 0.1) is 19.8 Å². The number of carboxylic acid groups (broad SMARTS) is 1. The third-order valence-electron chi connectivity index (χ3n) is 4.94. The zero-order valence-corrected chi connectivity index (χ0v) is 15.2. The molecule has 0 bridgehead atoms. The minimum atomic E-state index is -0.825. The van der Waals surface area contributed by atoms with Gasteiger partial charge in [-0.2, -0.15) is 0 Å². The average Bonchev–Trinajstić information content (AvgIpc) is 2.64. The van der Waals surface area contributed by atoms with E-state index in [1.54, 1.807) is 14.2 Å². The van der Waals surface area contributed by atoms with Crippen LogP contribution in [0, 0.1) is 0 Å². The maximum atomic E-state index is 12.6. The molecule has 1 aromatic rings. The van der Waals surface area contributed by atoms with Crippen molar-refractivity contribution in [3.8, 4) is 11.5 Å². The molecule has 1 saturated carbocycles. The lowest BCUT2D eigenvalue weighted by atomic mass is 9.82. The Labute approximate surface area is 149 Å². The molecular formula is C20H28O5. The van der Waals surface area contributed by atoms with Gasteiger partial charge in [-0.25, -0.2) is 0 Å². The maximum Gasteiger partial charge on any atom is 0.303 e. The molecular weight excluding hydrogens is 320 g/mol. The Morgan fingerprint density at radius 3 is 2.24 bits per heavy atom. The van der Waals surface area contributed by atoms with Crippen LogP contribution in [-0.4, -0.2) is 31.1 Å². The summed E-state index contributed by atoms with van der Waals surface area (Å²) in [6.45, 7) is 0. The van der Waals surface area contributed by atoms with Gasteiger partial charge >= 0.3 is 5.97 Å². The smallest absolute Gasteiger partial charge is 0.303 e. The molecule has 1 aliphatic rings. The van der Waals surface area contributed by atoms with Gasteiger partial charge in [0.25, 0.3) is 0 Å². The molecule has 1 N–H and O–H groups in total. The Kier molecular flexibility index (Phi) is 7.29. The quantitative estimate of drug-likeness (QED) is 0.522. The fourth-order valence-electron chi connectivity index (χ4n) is 3.57. The van der Waals surface area contributed by atoms with Crippen LogP contribution in [0.5, 0.6) is 11.5 Å². The van der Waals surface area contributed by atoms with Gasteiger partial charge in [-0.15, -0.1) is 0 Å². The van der Waals surface area contributed by atoms with Crippen molar-refractivity contribution in [2.24, 2.45) is 0 Å². The highest BCUT2D eigenvalue weighted by Crippen LogP contribution is 2.40. The molecule has 1 aliphatic carbocycles. The Hall–Kier alpha value is -2.04. The summed E-state index contributed by atoms with van der Waals surface area (Å²) in [7, 11) is 3.20. The number of ketones is 1. The molecule has 138 valence electrons. The van der Waals surface area contributed by atoms with Crippen molar-refractivity contribution in [1.82, 2.24) is 0 Å². The number of carbonyl (C=O) groups is 2. The number of hydrogen-bond donors (Lipinski definition) is 1. The van der Waals surface area contributed by atoms with Crippen LogP contribution in [0.4, 0.5) is 0 Å². The highest BCUT2D eigenvalue weighted by atomic mass is 16.5. The summed E-state index contributed by atoms with van der Waals surface area (Å²) >= 11 is 0. The van der Waals surface area contributed by atoms with E-state index >= 15 is 0 Å². The van der Waals surface area contributed by atoms with Crippen LogP contribution in [-0.2, 0) is 4.79 Å². The molecule has 0 aliphatic heterocycles. The second-order valence-electron chi connectivity index (χ2n) is 6.65. The largest absolute Gasteiger partial charge is 0.496 e. The lowest BCUT2D eigenvalue weighted by molar-refractivity contribution is -0.137. The first-order chi connectivity index (χ1) is 12.1. The molecule has 5 nitrogen and oxygen atoms in total. The van der Waals surface area contributed by atoms with E-state index in [0.717, 1.165) is 24.2 Å². The number of benzene rings is 1. The van der Waals surface area contributed by atoms with Crippen molar-refractivity contribution in [2.75, 3.05) is 14.2 Å². The summed E-state index contributed by atoms with van der Waals surface area (Å²) in [5.74, 6) is 0.912. The highest BCUT2D eigenvalue weighted by molar-refractivity contribution is 5.99. The van der Waals surface area contributed by atoms with E-state index in [4.69, 9.17) is 14.6 Å². The van der Waals surface area contributed by atoms with Crippen LogP contribution in [0.1, 0.15) is 79.6 Å². The van der Waals surface area contributed by atoms with Crippen molar-refractivity contribution in [3.63, 3.8) is 0 Å². The predicted octanol–water partition coefficient (Wildman–Crippen LogP) is 4.58. The normalized spacial score (nSPS) is 15.0. The van der Waals surface area contributed by atoms with E-state index < -0.39 is 5.97 Å². The Bertz CT molecular complexity index is 602. The molecule has 0 unspecified atom stereocenters. The van der Waals surface area contributed by atoms with Crippen LogP contribution in [0.3, 0.4) is 0 Å². The number of hydrogen-bond acceptors (Lipinski definition) is 4. The van der Waals surface area contributed by atoms with Crippen LogP contribution in [0.2, 0.25) is 0 Å². The van der Waals surface area contributed by atoms with Gasteiger partial charge in [0.1, 0.15) is 11.5 Å². The van der Waals surface area contributed by atoms with Gasteiger partial charge in [-0.3, -0.25) is 9.59 Å². The first-order valence-electron chi connectivity index (χ1n) is 9.07. The number of aliphatic carboxylic acids is 1. The summed E-state index contributed by atoms with van der Waals surface area (Å²) in [5.41, 5.74) is 1.68. The number of methoxy groups -OCH3 is 2. The van der Waals surface area contributed by atoms with E-state index in [1.165, 1.54) is 19.3 Å². The van der Waals surface area contributed by atoms with E-state index in [0.29, 0.717) is 36.5 Å². The third-order valence-corrected chi connectivity index (χ3v) is 4.94. The van der Waals surface area contributed by atoms with Crippen LogP contribution in [0.25, 0.3) is 0 Å². The van der Waals surface area contributed by atoms with E-state index in [1.807, 2.05) is 12.1 Å². The van der Waals surface area contributed by atoms with Crippen LogP contribution >= 0.6 is 0 Å². The molecule has 0 amide bonds. The molecule has 0 aromatic heterocycles. The number of Topliss-reactive ketones (excluding diaryl/α,β-unsaturated/α-hetero) is 1. The van der Waals surface area contributed by atoms with E-state index in [9.17, 15) is 9.59 Å². The number of unbranched alkanes of at least 4 members (excludes halogenated alkanes) is 1. The zero-order valence-electron chi connectivity index (χ0n) is 15.2. The third kappa shape index (κ3) is 5.21. The summed E-state index contributed by atoms with van der Waals surface area (Å²) in [6.07, 6.45) is 7.43. The SMILES string of the molecule is COc1cc(OC)c(C2CCCCC2)cc1C(=O)CCCCC(=O)O. The molecule has 0 spiro atoms. The minimum absolute atomic E-state index is 0.00181. The Morgan fingerprint density at radius 1 is 1.00 bits per heavy atom. The highest BCUT2D eigenvalue weighted by Gasteiger charge is 2.23. The van der Waals surface area contributed by atoms with Gasteiger partial charge < -0.3 is 14.6 Å². The lowest BCUT2D eigenvalue weighted by Gasteiger charge is -2.25. The standard InChI is InChI=1S/C20H28O5/c1-24-18-13-19(25-2)16(17(21)10-6-7-11-20(22)23)12-15(18)14-8-4-3-5-9-14/h12-14H,3-11H2,1-2H3,(H,22,23). The second-order valence-corrected chi connectivity index (χ2v) is 6.65. The first-order valence-corrected chi connectivity index (χ1v) is 9.07. The monoisotopic (exact) mass is 348 g/mol. The molecule has 2 rings (SSSR count). The maximum absolute atomic E-state index is 12.6. The van der Waals surface area contributed by atoms with Crippen molar-refractivity contribution in [3.05, 3.63) is 23.3 Å². The number of rotatable bonds is 9. The summed E-state index contributed by atoms with van der Waals surface area (Å²) < 4.78 is 10.9. The topological polar surface area (TPSA) is 72.8 Å². The molecule has 25 heavy (non-hydrogen) atoms. The predicted molar refractivity (Wildman–Crippen MR) is 95.8 cm³/mol. The molecule has 1 fully saturated rings. The van der Waals surface area contributed by atoms with Crippen LogP contribution in [0.15, 0.2) is 12.1 Å². The summed E-state index contributed by atoms with van der Waals surface area (Å²) in [6, 6.07) is 3.75. The molecule has 0 saturated heterocycles. The average molecular weight is 348 g/mol. The second kappa shape index (κ2) is 9.44. The number of carbonyl (C=O) groups excluding carboxylic acids is 1. The van der Waals surface area contributed by atoms with Gasteiger partial charge in [-0.05, 0) is 43.2 Å². The Balaban J connectivity index is 2.19. The lowest BCUT2D eigenvalue weighted by Crippen LogP contribution is -2.10. The van der Waals surface area contributed by atoms with Gasteiger partial charge in [0.2, 0.25) is 0 Å².